The smallest absolute Gasteiger partial charge is 0.306 e. The second kappa shape index (κ2) is 37.2. The van der Waals surface area contributed by atoms with Gasteiger partial charge in [-0.3, -0.25) is 9.59 Å². The van der Waals surface area contributed by atoms with Crippen molar-refractivity contribution in [2.75, 3.05) is 55.4 Å². The van der Waals surface area contributed by atoms with Crippen molar-refractivity contribution in [1.82, 2.24) is 0 Å². The van der Waals surface area contributed by atoms with Gasteiger partial charge >= 0.3 is 5.97 Å². The summed E-state index contributed by atoms with van der Waals surface area (Å²) in [5.41, 5.74) is 0. The van der Waals surface area contributed by atoms with E-state index in [0.717, 1.165) is 64.2 Å². The van der Waals surface area contributed by atoms with Crippen molar-refractivity contribution in [2.24, 2.45) is 5.92 Å². The molecule has 3 atom stereocenters. The van der Waals surface area contributed by atoms with Gasteiger partial charge in [0.25, 0.3) is 0 Å². The summed E-state index contributed by atoms with van der Waals surface area (Å²) in [5.74, 6) is -4.79. The lowest BCUT2D eigenvalue weighted by atomic mass is 9.93. The van der Waals surface area contributed by atoms with Crippen LogP contribution in [0.15, 0.2) is 36.5 Å². The van der Waals surface area contributed by atoms with Gasteiger partial charge in [0.05, 0.1) is 54.2 Å². The number of carbonyl (C=O) groups excluding carboxylic acids is 4. The molecule has 3 unspecified atom stereocenters. The molecule has 338 valence electrons. The number of allylic oxidation sites excluding steroid dienone is 6. The van der Waals surface area contributed by atoms with Crippen LogP contribution in [0, 0.1) is 5.92 Å². The van der Waals surface area contributed by atoms with Crippen LogP contribution in [0.2, 0.25) is 0 Å². The fourth-order valence-corrected chi connectivity index (χ4v) is 6.61. The highest BCUT2D eigenvalue weighted by atomic mass is 16.5. The molecular weight excluding hydrogens is 733 g/mol. The van der Waals surface area contributed by atoms with Crippen molar-refractivity contribution in [3.63, 3.8) is 0 Å². The van der Waals surface area contributed by atoms with Gasteiger partial charge in [0.15, 0.2) is 6.10 Å². The topological polar surface area (TPSA) is 144 Å². The number of ketones is 1. The summed E-state index contributed by atoms with van der Waals surface area (Å²) >= 11 is 0. The molecule has 0 amide bonds. The van der Waals surface area contributed by atoms with Gasteiger partial charge in [0.1, 0.15) is 25.0 Å². The lowest BCUT2D eigenvalue weighted by Crippen LogP contribution is -2.51. The van der Waals surface area contributed by atoms with Crippen LogP contribution in [0.3, 0.4) is 0 Å². The number of unbranched alkanes of at least 4 members (excludes halogenated alkanes) is 17. The molecular formula is C48H88N2O8. The van der Waals surface area contributed by atoms with E-state index in [4.69, 9.17) is 4.74 Å². The Labute approximate surface area is 355 Å². The highest BCUT2D eigenvalue weighted by molar-refractivity contribution is 5.98. The normalized spacial score (nSPS) is 13.7. The Morgan fingerprint density at radius 2 is 0.948 bits per heavy atom. The van der Waals surface area contributed by atoms with E-state index in [2.05, 4.69) is 50.3 Å². The van der Waals surface area contributed by atoms with Crippen LogP contribution in [0.5, 0.6) is 0 Å². The summed E-state index contributed by atoms with van der Waals surface area (Å²) < 4.78 is 6.29. The molecule has 0 rings (SSSR count). The number of quaternary nitrogens is 2. The third kappa shape index (κ3) is 41.3. The zero-order chi connectivity index (χ0) is 44.1. The van der Waals surface area contributed by atoms with Crippen molar-refractivity contribution in [1.29, 1.82) is 0 Å². The van der Waals surface area contributed by atoms with Gasteiger partial charge in [-0.15, -0.1) is 0 Å². The maximum Gasteiger partial charge on any atom is 0.306 e. The summed E-state index contributed by atoms with van der Waals surface area (Å²) in [6.45, 7) is 5.12. The molecule has 0 fully saturated rings. The minimum atomic E-state index is -1.47. The highest BCUT2D eigenvalue weighted by Gasteiger charge is 2.31. The Kier molecular flexibility index (Phi) is 36.7. The quantitative estimate of drug-likeness (QED) is 0.0220. The number of ether oxygens (including phenoxy) is 1. The van der Waals surface area contributed by atoms with Crippen molar-refractivity contribution in [3.8, 4) is 0 Å². The Balaban J connectivity index is 0. The maximum absolute atomic E-state index is 12.2. The summed E-state index contributed by atoms with van der Waals surface area (Å²) in [6, 6.07) is 0. The third-order valence-electron chi connectivity index (χ3n) is 9.68. The zero-order valence-electron chi connectivity index (χ0n) is 38.5. The van der Waals surface area contributed by atoms with Crippen LogP contribution in [-0.2, 0) is 23.9 Å². The van der Waals surface area contributed by atoms with E-state index in [1.807, 2.05) is 42.3 Å². The van der Waals surface area contributed by atoms with Gasteiger partial charge in [-0.1, -0.05) is 121 Å². The first kappa shape index (κ1) is 57.3. The average molecular weight is 821 g/mol. The molecule has 10 nitrogen and oxygen atoms in total. The summed E-state index contributed by atoms with van der Waals surface area (Å²) in [7, 11) is 11.4. The maximum atomic E-state index is 12.2. The molecule has 0 radical (unpaired) electrons. The minimum Gasteiger partial charge on any atom is -0.550 e. The fourth-order valence-electron chi connectivity index (χ4n) is 6.61. The number of rotatable bonds is 37. The first-order valence-electron chi connectivity index (χ1n) is 22.8. The molecule has 0 aliphatic heterocycles. The largest absolute Gasteiger partial charge is 0.550 e. The molecule has 0 aliphatic rings. The second-order valence-electron chi connectivity index (χ2n) is 18.1. The zero-order valence-corrected chi connectivity index (χ0v) is 38.5. The summed E-state index contributed by atoms with van der Waals surface area (Å²) in [6.07, 6.45) is 37.0. The van der Waals surface area contributed by atoms with E-state index in [9.17, 15) is 34.5 Å². The molecule has 0 saturated heterocycles. The number of carboxylic acids is 2. The Morgan fingerprint density at radius 1 is 0.552 bits per heavy atom. The molecule has 0 aromatic heterocycles. The number of hydrogen-bond donors (Lipinski definition) is 1. The first-order chi connectivity index (χ1) is 27.4. The van der Waals surface area contributed by atoms with Crippen molar-refractivity contribution in [3.05, 3.63) is 36.5 Å². The van der Waals surface area contributed by atoms with E-state index in [1.54, 1.807) is 0 Å². The molecule has 58 heavy (non-hydrogen) atoms. The monoisotopic (exact) mass is 821 g/mol. The van der Waals surface area contributed by atoms with E-state index in [0.29, 0.717) is 28.4 Å². The van der Waals surface area contributed by atoms with Crippen LogP contribution < -0.4 is 10.2 Å². The van der Waals surface area contributed by atoms with E-state index < -0.39 is 35.8 Å². The molecule has 1 N–H and O–H groups in total. The molecule has 10 heteroatoms. The average Bonchev–Trinajstić information content (AvgIpc) is 3.10. The Hall–Kier alpha value is -2.82. The number of nitrogens with zero attached hydrogens (tertiary/aromatic N) is 2. The van der Waals surface area contributed by atoms with Gasteiger partial charge in [0.2, 0.25) is 0 Å². The molecule has 0 aliphatic carbocycles. The number of aliphatic carboxylic acids is 2. The lowest BCUT2D eigenvalue weighted by molar-refractivity contribution is -0.873. The van der Waals surface area contributed by atoms with E-state index in [1.165, 1.54) is 70.6 Å². The number of Topliss-reactive ketones (excluding diaryl/α,β-unsaturated/α-hetero) is 1. The fraction of sp³-hybridized carbons (Fsp3) is 0.792. The van der Waals surface area contributed by atoms with E-state index in [-0.39, 0.29) is 25.4 Å². The van der Waals surface area contributed by atoms with Gasteiger partial charge < -0.3 is 38.6 Å². The van der Waals surface area contributed by atoms with Gasteiger partial charge in [-0.2, -0.15) is 0 Å². The van der Waals surface area contributed by atoms with E-state index >= 15 is 0 Å². The lowest BCUT2D eigenvalue weighted by Gasteiger charge is -2.30. The van der Waals surface area contributed by atoms with Gasteiger partial charge in [-0.05, 0) is 70.6 Å². The number of aliphatic hydroxyl groups is 1. The predicted octanol–water partition coefficient (Wildman–Crippen LogP) is 7.80. The van der Waals surface area contributed by atoms with Crippen molar-refractivity contribution < 1.29 is 48.2 Å². The SMILES string of the molecule is CCCCC/C=C\C/C=C\CCCCCCCC(=O)C(C(=O)[O-])C(O)C[N+](C)(C)C.CCCCCCC=CCCCCCCCC(=O)OC(CC(=O)[O-])C[N+](C)(C)C. The number of hydrogen-bond acceptors (Lipinski definition) is 8. The third-order valence-corrected chi connectivity index (χ3v) is 9.68. The number of carbonyl (C=O) groups is 4. The summed E-state index contributed by atoms with van der Waals surface area (Å²) in [4.78, 5) is 46.4. The molecule has 0 bridgehead atoms. The molecule has 0 aromatic rings. The molecule has 0 heterocycles. The van der Waals surface area contributed by atoms with Gasteiger partial charge in [0, 0.05) is 25.2 Å². The van der Waals surface area contributed by atoms with Gasteiger partial charge in [-0.25, -0.2) is 0 Å². The molecule has 0 aromatic carbocycles. The Bertz CT molecular complexity index is 1140. The van der Waals surface area contributed by atoms with Crippen LogP contribution in [-0.4, -0.2) is 105 Å². The minimum absolute atomic E-state index is 0.192. The predicted molar refractivity (Wildman–Crippen MR) is 234 cm³/mol. The first-order valence-corrected chi connectivity index (χ1v) is 22.8. The number of likely N-dealkylation sites (N-methyl/N-ethyl adjacent to an activating group) is 2. The summed E-state index contributed by atoms with van der Waals surface area (Å²) in [5, 5.41) is 32.3. The second-order valence-corrected chi connectivity index (χ2v) is 18.1. The van der Waals surface area contributed by atoms with Crippen molar-refractivity contribution >= 4 is 23.7 Å². The van der Waals surface area contributed by atoms with Crippen molar-refractivity contribution in [2.45, 2.75) is 187 Å². The number of carboxylic acid groups (broad SMARTS) is 2. The Morgan fingerprint density at radius 3 is 1.40 bits per heavy atom. The molecule has 0 saturated carbocycles. The standard InChI is InChI=1S/C25H45NO4.C23H43NO4/c1-5-6-7-8-9-10-11-12-13-14-15-16-17-18-19-20-22(27)24(25(29)30)23(28)21-26(2,3)4;1-5-6-7-8-9-10-11-12-13-14-15-16-17-18-23(27)28-21(19-22(25)26)20-24(2,3)4/h9-10,12-13,23-24,28H,5-8,11,14-21H2,1-4H3;10-11,21H,5-9,12-20H2,1-4H3/b10-9-,13-12-;. The van der Waals surface area contributed by atoms with Crippen LogP contribution >= 0.6 is 0 Å². The number of esters is 1. The molecule has 0 spiro atoms. The highest BCUT2D eigenvalue weighted by Crippen LogP contribution is 2.15. The van der Waals surface area contributed by atoms with Crippen LogP contribution in [0.25, 0.3) is 0 Å². The van der Waals surface area contributed by atoms with Crippen LogP contribution in [0.1, 0.15) is 174 Å². The van der Waals surface area contributed by atoms with Crippen LogP contribution in [0.4, 0.5) is 0 Å². The number of aliphatic hydroxyl groups excluding tert-OH is 1.